The summed E-state index contributed by atoms with van der Waals surface area (Å²) in [5.41, 5.74) is 2.56. The number of rotatable bonds is 1. The van der Waals surface area contributed by atoms with Crippen LogP contribution in [0.4, 0.5) is 0 Å². The normalized spacial score (nSPS) is 34.9. The van der Waals surface area contributed by atoms with Crippen LogP contribution in [0.15, 0.2) is 30.3 Å². The second-order valence-electron chi connectivity index (χ2n) is 6.81. The molecule has 1 aliphatic carbocycles. The van der Waals surface area contributed by atoms with Gasteiger partial charge in [-0.25, -0.2) is 0 Å². The molecule has 0 amide bonds. The van der Waals surface area contributed by atoms with Crippen molar-refractivity contribution in [2.24, 2.45) is 10.8 Å². The maximum Gasteiger partial charge on any atom is 0.00257 e. The summed E-state index contributed by atoms with van der Waals surface area (Å²) in [6.45, 7) is 7.36. The monoisotopic (exact) mass is 243 g/mol. The van der Waals surface area contributed by atoms with Crippen LogP contribution in [0, 0.1) is 10.8 Å². The molecule has 2 fully saturated rings. The van der Waals surface area contributed by atoms with Crippen LogP contribution < -0.4 is 5.32 Å². The van der Waals surface area contributed by atoms with Gasteiger partial charge in [0.15, 0.2) is 0 Å². The van der Waals surface area contributed by atoms with Gasteiger partial charge in [-0.1, -0.05) is 50.6 Å². The molecule has 1 nitrogen and oxygen atoms in total. The van der Waals surface area contributed by atoms with Crippen LogP contribution in [0.5, 0.6) is 0 Å². The Labute approximate surface area is 111 Å². The van der Waals surface area contributed by atoms with Crippen molar-refractivity contribution in [1.82, 2.24) is 5.32 Å². The van der Waals surface area contributed by atoms with Crippen LogP contribution >= 0.6 is 0 Å². The Morgan fingerprint density at radius 2 is 1.83 bits per heavy atom. The fourth-order valence-corrected chi connectivity index (χ4v) is 4.59. The van der Waals surface area contributed by atoms with Gasteiger partial charge in [-0.05, 0) is 42.2 Å². The van der Waals surface area contributed by atoms with E-state index in [1.807, 2.05) is 0 Å². The van der Waals surface area contributed by atoms with Crippen molar-refractivity contribution in [3.05, 3.63) is 35.9 Å². The highest BCUT2D eigenvalue weighted by molar-refractivity contribution is 5.26. The van der Waals surface area contributed by atoms with Crippen LogP contribution in [0.3, 0.4) is 0 Å². The Morgan fingerprint density at radius 1 is 1.06 bits per heavy atom. The summed E-state index contributed by atoms with van der Waals surface area (Å²) in [6.07, 6.45) is 5.58. The molecule has 1 aromatic rings. The largest absolute Gasteiger partial charge is 0.316 e. The molecule has 2 aliphatic rings. The molecule has 98 valence electrons. The molecular formula is C17H25N. The average Bonchev–Trinajstić information content (AvgIpc) is 2.67. The van der Waals surface area contributed by atoms with E-state index in [2.05, 4.69) is 49.5 Å². The Bertz CT molecular complexity index is 409. The van der Waals surface area contributed by atoms with Gasteiger partial charge in [-0.15, -0.1) is 0 Å². The lowest BCUT2D eigenvalue weighted by atomic mass is 9.56. The maximum atomic E-state index is 3.62. The van der Waals surface area contributed by atoms with Crippen molar-refractivity contribution < 1.29 is 0 Å². The first-order valence-corrected chi connectivity index (χ1v) is 7.41. The molecule has 1 aliphatic heterocycles. The summed E-state index contributed by atoms with van der Waals surface area (Å²) in [6, 6.07) is 11.2. The van der Waals surface area contributed by atoms with Crippen molar-refractivity contribution >= 4 is 0 Å². The van der Waals surface area contributed by atoms with Crippen molar-refractivity contribution in [1.29, 1.82) is 0 Å². The van der Waals surface area contributed by atoms with E-state index in [1.165, 1.54) is 32.2 Å². The zero-order valence-corrected chi connectivity index (χ0v) is 11.7. The number of nitrogens with one attached hydrogen (secondary N) is 1. The fourth-order valence-electron chi connectivity index (χ4n) is 4.59. The fraction of sp³-hybridized carbons (Fsp3) is 0.647. The quantitative estimate of drug-likeness (QED) is 0.787. The molecule has 1 saturated heterocycles. The molecule has 0 aromatic heterocycles. The van der Waals surface area contributed by atoms with Gasteiger partial charge in [-0.2, -0.15) is 0 Å². The predicted octanol–water partition coefficient (Wildman–Crippen LogP) is 3.96. The second kappa shape index (κ2) is 4.38. The number of hydrogen-bond donors (Lipinski definition) is 1. The molecule has 0 radical (unpaired) electrons. The minimum atomic E-state index is 0.496. The highest BCUT2D eigenvalue weighted by atomic mass is 14.9. The minimum Gasteiger partial charge on any atom is -0.316 e. The smallest absolute Gasteiger partial charge is 0.00257 e. The molecule has 18 heavy (non-hydrogen) atoms. The van der Waals surface area contributed by atoms with Gasteiger partial charge in [0.05, 0.1) is 0 Å². The molecule has 1 N–H and O–H groups in total. The molecule has 2 unspecified atom stereocenters. The average molecular weight is 243 g/mol. The minimum absolute atomic E-state index is 0.496. The van der Waals surface area contributed by atoms with Crippen molar-refractivity contribution in [3.63, 3.8) is 0 Å². The lowest BCUT2D eigenvalue weighted by Crippen LogP contribution is -2.48. The second-order valence-corrected chi connectivity index (χ2v) is 6.81. The van der Waals surface area contributed by atoms with E-state index in [4.69, 9.17) is 0 Å². The Kier molecular flexibility index (Phi) is 2.97. The molecule has 1 spiro atoms. The first-order chi connectivity index (χ1) is 8.66. The molecule has 2 atom stereocenters. The number of benzene rings is 1. The molecule has 1 aromatic carbocycles. The van der Waals surface area contributed by atoms with Gasteiger partial charge in [0.25, 0.3) is 0 Å². The van der Waals surface area contributed by atoms with E-state index >= 15 is 0 Å². The standard InChI is InChI=1S/C17H25N/c1-16(2)9-6-10-17(16)11-12-18-13-15(17)14-7-4-3-5-8-14/h3-5,7-8,15,18H,6,9-13H2,1-2H3. The Morgan fingerprint density at radius 3 is 2.50 bits per heavy atom. The third kappa shape index (κ3) is 1.72. The van der Waals surface area contributed by atoms with E-state index in [-0.39, 0.29) is 0 Å². The van der Waals surface area contributed by atoms with Crippen LogP contribution in [-0.4, -0.2) is 13.1 Å². The van der Waals surface area contributed by atoms with Crippen LogP contribution in [0.1, 0.15) is 51.0 Å². The van der Waals surface area contributed by atoms with Crippen LogP contribution in [0.2, 0.25) is 0 Å². The summed E-state index contributed by atoms with van der Waals surface area (Å²) in [7, 11) is 0. The summed E-state index contributed by atoms with van der Waals surface area (Å²) in [5, 5.41) is 3.62. The zero-order chi connectivity index (χ0) is 12.6. The lowest BCUT2D eigenvalue weighted by molar-refractivity contribution is 0.0419. The molecule has 1 heterocycles. The number of piperidine rings is 1. The summed E-state index contributed by atoms with van der Waals surface area (Å²) in [5.74, 6) is 0.699. The SMILES string of the molecule is CC1(C)CCCC12CCNCC2c1ccccc1. The molecule has 3 rings (SSSR count). The molecule has 1 heteroatoms. The maximum absolute atomic E-state index is 3.62. The third-order valence-electron chi connectivity index (χ3n) is 5.74. The molecular weight excluding hydrogens is 218 g/mol. The van der Waals surface area contributed by atoms with Crippen LogP contribution in [0.25, 0.3) is 0 Å². The Balaban J connectivity index is 2.01. The van der Waals surface area contributed by atoms with Gasteiger partial charge in [0, 0.05) is 12.5 Å². The highest BCUT2D eigenvalue weighted by Crippen LogP contribution is 2.62. The summed E-state index contributed by atoms with van der Waals surface area (Å²) < 4.78 is 0. The van der Waals surface area contributed by atoms with Gasteiger partial charge in [0.1, 0.15) is 0 Å². The van der Waals surface area contributed by atoms with E-state index < -0.39 is 0 Å². The van der Waals surface area contributed by atoms with Gasteiger partial charge in [-0.3, -0.25) is 0 Å². The van der Waals surface area contributed by atoms with E-state index in [1.54, 1.807) is 5.56 Å². The van der Waals surface area contributed by atoms with E-state index in [0.29, 0.717) is 16.7 Å². The summed E-state index contributed by atoms with van der Waals surface area (Å²) >= 11 is 0. The Hall–Kier alpha value is -0.820. The zero-order valence-electron chi connectivity index (χ0n) is 11.7. The van der Waals surface area contributed by atoms with Gasteiger partial charge < -0.3 is 5.32 Å². The molecule has 1 saturated carbocycles. The molecule has 0 bridgehead atoms. The van der Waals surface area contributed by atoms with Gasteiger partial charge >= 0.3 is 0 Å². The van der Waals surface area contributed by atoms with E-state index in [9.17, 15) is 0 Å². The van der Waals surface area contributed by atoms with Crippen LogP contribution in [-0.2, 0) is 0 Å². The van der Waals surface area contributed by atoms with Crippen molar-refractivity contribution in [3.8, 4) is 0 Å². The van der Waals surface area contributed by atoms with Crippen molar-refractivity contribution in [2.45, 2.75) is 45.4 Å². The lowest BCUT2D eigenvalue weighted by Gasteiger charge is -2.51. The predicted molar refractivity (Wildman–Crippen MR) is 76.7 cm³/mol. The highest BCUT2D eigenvalue weighted by Gasteiger charge is 2.54. The van der Waals surface area contributed by atoms with Crippen molar-refractivity contribution in [2.75, 3.05) is 13.1 Å². The van der Waals surface area contributed by atoms with Gasteiger partial charge in [0.2, 0.25) is 0 Å². The first kappa shape index (κ1) is 12.2. The third-order valence-corrected chi connectivity index (χ3v) is 5.74. The number of hydrogen-bond acceptors (Lipinski definition) is 1. The first-order valence-electron chi connectivity index (χ1n) is 7.41. The topological polar surface area (TPSA) is 12.0 Å². The summed E-state index contributed by atoms with van der Waals surface area (Å²) in [4.78, 5) is 0. The van der Waals surface area contributed by atoms with E-state index in [0.717, 1.165) is 6.54 Å².